The quantitative estimate of drug-likeness (QED) is 0.877. The number of halogens is 1. The molecule has 2 atom stereocenters. The van der Waals surface area contributed by atoms with Gasteiger partial charge >= 0.3 is 0 Å². The standard InChI is InChI=1S/C16H23FN2O2/c1-4-6-13-16(20)19(9-5-2)15(18-13)11-7-8-14(21-3)12(17)10-11/h7-8,10,13,15,18H,4-6,9H2,1-3H3. The van der Waals surface area contributed by atoms with E-state index in [4.69, 9.17) is 4.74 Å². The van der Waals surface area contributed by atoms with Gasteiger partial charge in [-0.05, 0) is 30.5 Å². The Hall–Kier alpha value is -1.62. The largest absolute Gasteiger partial charge is 0.494 e. The van der Waals surface area contributed by atoms with Crippen molar-refractivity contribution in [2.45, 2.75) is 45.3 Å². The molecular formula is C16H23FN2O2. The highest BCUT2D eigenvalue weighted by Crippen LogP contribution is 2.29. The first-order valence-electron chi connectivity index (χ1n) is 7.52. The van der Waals surface area contributed by atoms with Gasteiger partial charge in [-0.15, -0.1) is 0 Å². The Balaban J connectivity index is 2.27. The normalized spacial score (nSPS) is 21.9. The number of benzene rings is 1. The number of nitrogens with one attached hydrogen (secondary N) is 1. The van der Waals surface area contributed by atoms with Gasteiger partial charge in [-0.1, -0.05) is 26.3 Å². The first-order chi connectivity index (χ1) is 10.1. The topological polar surface area (TPSA) is 41.6 Å². The van der Waals surface area contributed by atoms with Gasteiger partial charge < -0.3 is 9.64 Å². The van der Waals surface area contributed by atoms with Gasteiger partial charge in [-0.3, -0.25) is 10.1 Å². The van der Waals surface area contributed by atoms with Crippen molar-refractivity contribution in [3.8, 4) is 5.75 Å². The maximum Gasteiger partial charge on any atom is 0.241 e. The third-order valence-corrected chi connectivity index (χ3v) is 3.79. The van der Waals surface area contributed by atoms with Crippen LogP contribution in [0, 0.1) is 5.82 Å². The SMILES string of the molecule is CCCC1NC(c2ccc(OC)c(F)c2)N(CCC)C1=O. The van der Waals surface area contributed by atoms with E-state index in [9.17, 15) is 9.18 Å². The van der Waals surface area contributed by atoms with E-state index >= 15 is 0 Å². The van der Waals surface area contributed by atoms with Crippen molar-refractivity contribution in [1.29, 1.82) is 0 Å². The Kier molecular flexibility index (Phi) is 5.17. The van der Waals surface area contributed by atoms with Crippen LogP contribution in [0.1, 0.15) is 44.8 Å². The number of ether oxygens (including phenoxy) is 1. The number of carbonyl (C=O) groups is 1. The summed E-state index contributed by atoms with van der Waals surface area (Å²) in [5.41, 5.74) is 0.758. The maximum absolute atomic E-state index is 13.9. The molecule has 1 aromatic rings. The second-order valence-corrected chi connectivity index (χ2v) is 5.34. The van der Waals surface area contributed by atoms with E-state index < -0.39 is 5.82 Å². The van der Waals surface area contributed by atoms with Crippen LogP contribution >= 0.6 is 0 Å². The highest BCUT2D eigenvalue weighted by molar-refractivity contribution is 5.84. The second-order valence-electron chi connectivity index (χ2n) is 5.34. The van der Waals surface area contributed by atoms with Gasteiger partial charge in [0.25, 0.3) is 0 Å². The average molecular weight is 294 g/mol. The minimum atomic E-state index is -0.403. The predicted octanol–water partition coefficient (Wildman–Crippen LogP) is 2.84. The Morgan fingerprint density at radius 3 is 2.67 bits per heavy atom. The van der Waals surface area contributed by atoms with E-state index in [1.54, 1.807) is 6.07 Å². The van der Waals surface area contributed by atoms with Crippen molar-refractivity contribution in [3.63, 3.8) is 0 Å². The number of methoxy groups -OCH3 is 1. The van der Waals surface area contributed by atoms with Gasteiger partial charge in [0.15, 0.2) is 11.6 Å². The number of hydrogen-bond acceptors (Lipinski definition) is 3. The third kappa shape index (κ3) is 3.18. The average Bonchev–Trinajstić information content (AvgIpc) is 2.77. The fraction of sp³-hybridized carbons (Fsp3) is 0.562. The van der Waals surface area contributed by atoms with E-state index in [-0.39, 0.29) is 23.9 Å². The van der Waals surface area contributed by atoms with Gasteiger partial charge in [0.1, 0.15) is 6.17 Å². The summed E-state index contributed by atoms with van der Waals surface area (Å²) < 4.78 is 18.8. The summed E-state index contributed by atoms with van der Waals surface area (Å²) in [6, 6.07) is 4.69. The summed E-state index contributed by atoms with van der Waals surface area (Å²) >= 11 is 0. The van der Waals surface area contributed by atoms with Crippen molar-refractivity contribution >= 4 is 5.91 Å². The van der Waals surface area contributed by atoms with E-state index in [1.165, 1.54) is 13.2 Å². The van der Waals surface area contributed by atoms with Crippen LogP contribution in [0.4, 0.5) is 4.39 Å². The van der Waals surface area contributed by atoms with Crippen molar-refractivity contribution in [2.75, 3.05) is 13.7 Å². The first kappa shape index (κ1) is 15.8. The lowest BCUT2D eigenvalue weighted by Crippen LogP contribution is -2.31. The lowest BCUT2D eigenvalue weighted by Gasteiger charge is -2.24. The van der Waals surface area contributed by atoms with Gasteiger partial charge in [-0.25, -0.2) is 4.39 Å². The zero-order valence-corrected chi connectivity index (χ0v) is 12.9. The molecule has 2 rings (SSSR count). The number of nitrogens with zero attached hydrogens (tertiary/aromatic N) is 1. The molecular weight excluding hydrogens is 271 g/mol. The molecule has 2 unspecified atom stereocenters. The Labute approximate surface area is 125 Å². The molecule has 1 aromatic carbocycles. The summed E-state index contributed by atoms with van der Waals surface area (Å²) in [6.07, 6.45) is 2.36. The molecule has 1 heterocycles. The zero-order valence-electron chi connectivity index (χ0n) is 12.9. The van der Waals surface area contributed by atoms with Crippen molar-refractivity contribution in [3.05, 3.63) is 29.6 Å². The molecule has 1 aliphatic heterocycles. The molecule has 0 spiro atoms. The predicted molar refractivity (Wildman–Crippen MR) is 79.5 cm³/mol. The molecule has 1 fully saturated rings. The number of hydrogen-bond donors (Lipinski definition) is 1. The highest BCUT2D eigenvalue weighted by Gasteiger charge is 2.38. The first-order valence-corrected chi connectivity index (χ1v) is 7.52. The molecule has 4 nitrogen and oxygen atoms in total. The Morgan fingerprint density at radius 1 is 1.33 bits per heavy atom. The maximum atomic E-state index is 13.9. The monoisotopic (exact) mass is 294 g/mol. The molecule has 116 valence electrons. The molecule has 0 saturated carbocycles. The fourth-order valence-corrected chi connectivity index (χ4v) is 2.78. The highest BCUT2D eigenvalue weighted by atomic mass is 19.1. The van der Waals surface area contributed by atoms with E-state index in [0.29, 0.717) is 6.54 Å². The third-order valence-electron chi connectivity index (χ3n) is 3.79. The lowest BCUT2D eigenvalue weighted by molar-refractivity contribution is -0.130. The molecule has 0 bridgehead atoms. The number of amides is 1. The summed E-state index contributed by atoms with van der Waals surface area (Å²) in [4.78, 5) is 14.2. The van der Waals surface area contributed by atoms with Crippen LogP contribution in [-0.2, 0) is 4.79 Å². The molecule has 1 saturated heterocycles. The molecule has 5 heteroatoms. The summed E-state index contributed by atoms with van der Waals surface area (Å²) in [7, 11) is 1.44. The molecule has 0 radical (unpaired) electrons. The van der Waals surface area contributed by atoms with Gasteiger partial charge in [0.2, 0.25) is 5.91 Å². The molecule has 1 N–H and O–H groups in total. The van der Waals surface area contributed by atoms with Crippen molar-refractivity contribution in [1.82, 2.24) is 10.2 Å². The van der Waals surface area contributed by atoms with Crippen LogP contribution in [0.2, 0.25) is 0 Å². The summed E-state index contributed by atoms with van der Waals surface area (Å²) in [6.45, 7) is 4.76. The minimum absolute atomic E-state index is 0.111. The molecule has 21 heavy (non-hydrogen) atoms. The van der Waals surface area contributed by atoms with Gasteiger partial charge in [-0.2, -0.15) is 0 Å². The number of rotatable bonds is 6. The fourth-order valence-electron chi connectivity index (χ4n) is 2.78. The minimum Gasteiger partial charge on any atom is -0.494 e. The second kappa shape index (κ2) is 6.89. The Bertz CT molecular complexity index is 507. The van der Waals surface area contributed by atoms with E-state index in [2.05, 4.69) is 12.2 Å². The van der Waals surface area contributed by atoms with Gasteiger partial charge in [0, 0.05) is 6.54 Å². The van der Waals surface area contributed by atoms with Crippen LogP contribution in [0.3, 0.4) is 0 Å². The van der Waals surface area contributed by atoms with Crippen molar-refractivity contribution < 1.29 is 13.9 Å². The smallest absolute Gasteiger partial charge is 0.241 e. The zero-order chi connectivity index (χ0) is 15.4. The van der Waals surface area contributed by atoms with Crippen LogP contribution in [0.25, 0.3) is 0 Å². The Morgan fingerprint density at radius 2 is 2.10 bits per heavy atom. The van der Waals surface area contributed by atoms with Gasteiger partial charge in [0.05, 0.1) is 13.2 Å². The molecule has 1 aliphatic rings. The van der Waals surface area contributed by atoms with Crippen LogP contribution in [0.15, 0.2) is 18.2 Å². The number of carbonyl (C=O) groups excluding carboxylic acids is 1. The summed E-state index contributed by atoms with van der Waals surface area (Å²) in [5.74, 6) is -0.0743. The van der Waals surface area contributed by atoms with Crippen LogP contribution < -0.4 is 10.1 Å². The van der Waals surface area contributed by atoms with Crippen LogP contribution in [-0.4, -0.2) is 30.5 Å². The lowest BCUT2D eigenvalue weighted by atomic mass is 10.1. The van der Waals surface area contributed by atoms with E-state index in [1.807, 2.05) is 17.9 Å². The summed E-state index contributed by atoms with van der Waals surface area (Å²) in [5, 5.41) is 3.33. The van der Waals surface area contributed by atoms with Crippen LogP contribution in [0.5, 0.6) is 5.75 Å². The molecule has 1 amide bonds. The van der Waals surface area contributed by atoms with Crippen molar-refractivity contribution in [2.24, 2.45) is 0 Å². The molecule has 0 aliphatic carbocycles. The van der Waals surface area contributed by atoms with E-state index in [0.717, 1.165) is 24.8 Å². The molecule has 0 aromatic heterocycles.